The van der Waals surface area contributed by atoms with Crippen LogP contribution in [-0.4, -0.2) is 33.9 Å². The fourth-order valence-corrected chi connectivity index (χ4v) is 3.71. The van der Waals surface area contributed by atoms with Gasteiger partial charge in [-0.3, -0.25) is 5.10 Å². The molecule has 0 aliphatic carbocycles. The van der Waals surface area contributed by atoms with Gasteiger partial charge in [0.25, 0.3) is 5.82 Å². The predicted molar refractivity (Wildman–Crippen MR) is 121 cm³/mol. The molecule has 1 N–H and O–H groups in total. The summed E-state index contributed by atoms with van der Waals surface area (Å²) in [5, 5.41) is 7.98. The van der Waals surface area contributed by atoms with Crippen LogP contribution in [0.2, 0.25) is 10.0 Å². The normalized spacial score (nSPS) is 13.0. The number of ether oxygens (including phenoxy) is 2. The number of aryl methyl sites for hydroxylation is 1. The van der Waals surface area contributed by atoms with Gasteiger partial charge in [0, 0.05) is 5.92 Å². The fourth-order valence-electron chi connectivity index (χ4n) is 3.29. The Kier molecular flexibility index (Phi) is 8.46. The minimum absolute atomic E-state index is 0.0119. The predicted octanol–water partition coefficient (Wildman–Crippen LogP) is 5.61. The van der Waals surface area contributed by atoms with E-state index in [1.54, 1.807) is 13.0 Å². The van der Waals surface area contributed by atoms with E-state index in [9.17, 15) is 4.79 Å². The van der Waals surface area contributed by atoms with Crippen LogP contribution < -0.4 is 0 Å². The lowest BCUT2D eigenvalue weighted by Gasteiger charge is -2.23. The fraction of sp³-hybridized carbons (Fsp3) is 0.348. The molecule has 0 spiro atoms. The molecular formula is C23H25Cl2N3O3. The number of hydrogen-bond donors (Lipinski definition) is 1. The third-order valence-electron chi connectivity index (χ3n) is 4.99. The summed E-state index contributed by atoms with van der Waals surface area (Å²) in [6.45, 7) is 4.45. The molecule has 8 heteroatoms. The second-order valence-corrected chi connectivity index (χ2v) is 7.91. The molecule has 0 saturated heterocycles. The van der Waals surface area contributed by atoms with Gasteiger partial charge in [0.15, 0.2) is 0 Å². The summed E-state index contributed by atoms with van der Waals surface area (Å²) >= 11 is 12.5. The van der Waals surface area contributed by atoms with E-state index in [0.717, 1.165) is 11.1 Å². The van der Waals surface area contributed by atoms with E-state index in [1.165, 1.54) is 0 Å². The van der Waals surface area contributed by atoms with Crippen LogP contribution in [0.3, 0.4) is 0 Å². The van der Waals surface area contributed by atoms with Gasteiger partial charge in [-0.25, -0.2) is 9.78 Å². The first kappa shape index (κ1) is 23.3. The molecule has 0 aliphatic heterocycles. The van der Waals surface area contributed by atoms with E-state index in [-0.39, 0.29) is 24.5 Å². The maximum atomic E-state index is 12.0. The van der Waals surface area contributed by atoms with Gasteiger partial charge in [-0.15, -0.1) is 5.10 Å². The van der Waals surface area contributed by atoms with E-state index in [0.29, 0.717) is 35.3 Å². The van der Waals surface area contributed by atoms with Gasteiger partial charge >= 0.3 is 5.97 Å². The van der Waals surface area contributed by atoms with E-state index < -0.39 is 5.97 Å². The molecule has 164 valence electrons. The van der Waals surface area contributed by atoms with Crippen LogP contribution in [0.5, 0.6) is 0 Å². The standard InChI is InChI=1S/C23H25Cl2N3O3/c1-3-30-23(29)22-26-21(27-28-22)18(13-12-17-10-7-11-19(24)20(17)25)15(2)31-14-16-8-5-4-6-9-16/h4-11,15,18H,3,12-14H2,1-2H3,(H,26,27,28)/t15-,18-/m0/s1. The van der Waals surface area contributed by atoms with Crippen molar-refractivity contribution in [1.29, 1.82) is 0 Å². The lowest BCUT2D eigenvalue weighted by Crippen LogP contribution is -2.21. The monoisotopic (exact) mass is 461 g/mol. The smallest absolute Gasteiger partial charge is 0.378 e. The van der Waals surface area contributed by atoms with Gasteiger partial charge in [0.05, 0.1) is 29.4 Å². The van der Waals surface area contributed by atoms with E-state index >= 15 is 0 Å². The second kappa shape index (κ2) is 11.3. The van der Waals surface area contributed by atoms with Gasteiger partial charge < -0.3 is 9.47 Å². The molecule has 3 aromatic rings. The molecule has 1 aromatic heterocycles. The summed E-state index contributed by atoms with van der Waals surface area (Å²) in [4.78, 5) is 16.4. The van der Waals surface area contributed by atoms with Crippen LogP contribution in [-0.2, 0) is 22.5 Å². The number of benzene rings is 2. The van der Waals surface area contributed by atoms with Crippen molar-refractivity contribution < 1.29 is 14.3 Å². The highest BCUT2D eigenvalue weighted by molar-refractivity contribution is 6.42. The molecule has 0 fully saturated rings. The number of hydrogen-bond acceptors (Lipinski definition) is 5. The summed E-state index contributed by atoms with van der Waals surface area (Å²) in [5.41, 5.74) is 2.02. The minimum Gasteiger partial charge on any atom is -0.460 e. The number of nitrogens with one attached hydrogen (secondary N) is 1. The molecule has 2 atom stereocenters. The number of carbonyl (C=O) groups is 1. The first-order valence-electron chi connectivity index (χ1n) is 10.2. The Morgan fingerprint density at radius 1 is 1.13 bits per heavy atom. The Balaban J connectivity index is 1.77. The van der Waals surface area contributed by atoms with Gasteiger partial charge in [-0.2, -0.15) is 0 Å². The summed E-state index contributed by atoms with van der Waals surface area (Å²) in [6.07, 6.45) is 1.15. The zero-order chi connectivity index (χ0) is 22.2. The molecule has 0 unspecified atom stereocenters. The van der Waals surface area contributed by atoms with Crippen LogP contribution in [0.4, 0.5) is 0 Å². The molecule has 0 bridgehead atoms. The third kappa shape index (κ3) is 6.29. The van der Waals surface area contributed by atoms with E-state index in [2.05, 4.69) is 15.2 Å². The van der Waals surface area contributed by atoms with Crippen LogP contribution in [0.25, 0.3) is 0 Å². The zero-order valence-electron chi connectivity index (χ0n) is 17.5. The number of H-pyrrole nitrogens is 1. The quantitative estimate of drug-likeness (QED) is 0.397. The molecule has 2 aromatic carbocycles. The number of halogens is 2. The van der Waals surface area contributed by atoms with Crippen molar-refractivity contribution in [2.45, 2.75) is 45.3 Å². The number of aromatic amines is 1. The lowest BCUT2D eigenvalue weighted by molar-refractivity contribution is 0.0306. The van der Waals surface area contributed by atoms with Crippen LogP contribution in [0, 0.1) is 0 Å². The molecule has 1 heterocycles. The number of rotatable bonds is 10. The van der Waals surface area contributed by atoms with Crippen molar-refractivity contribution in [2.24, 2.45) is 0 Å². The molecule has 6 nitrogen and oxygen atoms in total. The Morgan fingerprint density at radius 2 is 1.90 bits per heavy atom. The van der Waals surface area contributed by atoms with Crippen LogP contribution in [0.15, 0.2) is 48.5 Å². The maximum absolute atomic E-state index is 12.0. The maximum Gasteiger partial charge on any atom is 0.378 e. The van der Waals surface area contributed by atoms with Gasteiger partial charge in [-0.05, 0) is 43.9 Å². The van der Waals surface area contributed by atoms with E-state index in [1.807, 2.05) is 49.4 Å². The van der Waals surface area contributed by atoms with Crippen molar-refractivity contribution in [3.05, 3.63) is 81.4 Å². The number of esters is 1. The molecule has 0 aliphatic rings. The largest absolute Gasteiger partial charge is 0.460 e. The summed E-state index contributed by atoms with van der Waals surface area (Å²) in [5.74, 6) is -0.117. The summed E-state index contributed by atoms with van der Waals surface area (Å²) < 4.78 is 11.1. The van der Waals surface area contributed by atoms with Crippen LogP contribution >= 0.6 is 23.2 Å². The third-order valence-corrected chi connectivity index (χ3v) is 5.85. The minimum atomic E-state index is -0.556. The Morgan fingerprint density at radius 3 is 2.65 bits per heavy atom. The molecule has 0 saturated carbocycles. The first-order chi connectivity index (χ1) is 15.0. The molecular weight excluding hydrogens is 437 g/mol. The van der Waals surface area contributed by atoms with Crippen LogP contribution in [0.1, 0.15) is 53.8 Å². The summed E-state index contributed by atoms with van der Waals surface area (Å²) in [7, 11) is 0. The average molecular weight is 462 g/mol. The first-order valence-corrected chi connectivity index (χ1v) is 10.9. The van der Waals surface area contributed by atoms with Gasteiger partial charge in [-0.1, -0.05) is 65.7 Å². The van der Waals surface area contributed by atoms with E-state index in [4.69, 9.17) is 32.7 Å². The highest BCUT2D eigenvalue weighted by Gasteiger charge is 2.26. The number of aromatic nitrogens is 3. The lowest BCUT2D eigenvalue weighted by atomic mass is 9.94. The second-order valence-electron chi connectivity index (χ2n) is 7.12. The zero-order valence-corrected chi connectivity index (χ0v) is 19.0. The van der Waals surface area contributed by atoms with Gasteiger partial charge in [0.2, 0.25) is 0 Å². The van der Waals surface area contributed by atoms with Crippen molar-refractivity contribution in [3.8, 4) is 0 Å². The Labute approximate surface area is 191 Å². The van der Waals surface area contributed by atoms with Gasteiger partial charge in [0.1, 0.15) is 5.82 Å². The molecule has 0 amide bonds. The highest BCUT2D eigenvalue weighted by Crippen LogP contribution is 2.30. The average Bonchev–Trinajstić information content (AvgIpc) is 3.26. The van der Waals surface area contributed by atoms with Crippen molar-refractivity contribution in [1.82, 2.24) is 15.2 Å². The van der Waals surface area contributed by atoms with Crippen molar-refractivity contribution >= 4 is 29.2 Å². The van der Waals surface area contributed by atoms with Crippen molar-refractivity contribution in [3.63, 3.8) is 0 Å². The van der Waals surface area contributed by atoms with Crippen molar-refractivity contribution in [2.75, 3.05) is 6.61 Å². The Bertz CT molecular complexity index is 995. The summed E-state index contributed by atoms with van der Waals surface area (Å²) in [6, 6.07) is 15.5. The SMILES string of the molecule is CCOC(=O)c1n[nH]c([C@@H](CCc2cccc(Cl)c2Cl)[C@H](C)OCc2ccccc2)n1. The number of nitrogens with zero attached hydrogens (tertiary/aromatic N) is 2. The highest BCUT2D eigenvalue weighted by atomic mass is 35.5. The molecule has 31 heavy (non-hydrogen) atoms. The topological polar surface area (TPSA) is 77.1 Å². The molecule has 0 radical (unpaired) electrons. The number of carbonyl (C=O) groups excluding carboxylic acids is 1. The molecule has 3 rings (SSSR count). The Hall–Kier alpha value is -2.41.